The number of hydrogen-bond acceptors (Lipinski definition) is 2. The molecule has 0 fully saturated rings. The van der Waals surface area contributed by atoms with Crippen LogP contribution in [-0.2, 0) is 0 Å². The van der Waals surface area contributed by atoms with E-state index in [9.17, 15) is 0 Å². The molecule has 0 saturated carbocycles. The molecule has 0 aliphatic rings. The van der Waals surface area contributed by atoms with E-state index in [2.05, 4.69) is 352 Å². The van der Waals surface area contributed by atoms with Crippen molar-refractivity contribution in [3.05, 3.63) is 345 Å². The molecule has 2 heteroatoms. The van der Waals surface area contributed by atoms with E-state index in [0.717, 1.165) is 83.9 Å². The predicted molar refractivity (Wildman–Crippen MR) is 381 cm³/mol. The van der Waals surface area contributed by atoms with Gasteiger partial charge in [0.1, 0.15) is 0 Å². The number of fused-ring (bicyclic) bond motifs is 4. The SMILES string of the molecule is C=Cc1c(C=C)c(-c2ccc(-c3c4ccccc4c(-c4ccc(N(c5ccccc5)c5ccc(-c6ccccc6)cc5)cc4)c4ccccc34)c3ccccc23)c2ccccc2c1-c1ccc(N(C(/C=C\C)=C/C)c2ccc(-c3ccccc3)cc2)cc1. The highest BCUT2D eigenvalue weighted by atomic mass is 15.1. The fourth-order valence-electron chi connectivity index (χ4n) is 13.3. The Bertz CT molecular complexity index is 4900. The molecule has 0 N–H and O–H groups in total. The van der Waals surface area contributed by atoms with Gasteiger partial charge in [-0.3, -0.25) is 0 Å². The Kier molecular flexibility index (Phi) is 14.9. The Morgan fingerprint density at radius 3 is 1.00 bits per heavy atom. The summed E-state index contributed by atoms with van der Waals surface area (Å²) < 4.78 is 0. The Morgan fingerprint density at radius 1 is 0.273 bits per heavy atom. The molecule has 2 nitrogen and oxygen atoms in total. The predicted octanol–water partition coefficient (Wildman–Crippen LogP) is 24.7. The van der Waals surface area contributed by atoms with Gasteiger partial charge in [0.05, 0.1) is 0 Å². The van der Waals surface area contributed by atoms with Crippen LogP contribution in [0.5, 0.6) is 0 Å². The molecule has 0 spiro atoms. The van der Waals surface area contributed by atoms with E-state index in [0.29, 0.717) is 0 Å². The summed E-state index contributed by atoms with van der Waals surface area (Å²) in [5, 5.41) is 9.49. The summed E-state index contributed by atoms with van der Waals surface area (Å²) in [5.74, 6) is 0. The smallest absolute Gasteiger partial charge is 0.0462 e. The van der Waals surface area contributed by atoms with Crippen molar-refractivity contribution in [3.8, 4) is 66.8 Å². The maximum absolute atomic E-state index is 4.54. The van der Waals surface area contributed by atoms with Gasteiger partial charge < -0.3 is 9.80 Å². The lowest BCUT2D eigenvalue weighted by Crippen LogP contribution is -2.15. The van der Waals surface area contributed by atoms with Gasteiger partial charge >= 0.3 is 0 Å². The summed E-state index contributed by atoms with van der Waals surface area (Å²) in [6.07, 6.45) is 10.5. The first-order chi connectivity index (χ1) is 43.5. The molecular weight excluding hydrogens is 1060 g/mol. The van der Waals surface area contributed by atoms with Gasteiger partial charge in [-0.1, -0.05) is 274 Å². The molecule has 14 aromatic rings. The van der Waals surface area contributed by atoms with Crippen LogP contribution in [-0.4, -0.2) is 0 Å². The zero-order valence-electron chi connectivity index (χ0n) is 49.5. The van der Waals surface area contributed by atoms with E-state index >= 15 is 0 Å². The Labute approximate surface area is 516 Å². The van der Waals surface area contributed by atoms with Gasteiger partial charge in [-0.2, -0.15) is 0 Å². The third-order valence-electron chi connectivity index (χ3n) is 17.3. The fourth-order valence-corrected chi connectivity index (χ4v) is 13.3. The van der Waals surface area contributed by atoms with Gasteiger partial charge in [-0.25, -0.2) is 0 Å². The number of hydrogen-bond donors (Lipinski definition) is 0. The quantitative estimate of drug-likeness (QED) is 0.0746. The number of anilines is 5. The first-order valence-electron chi connectivity index (χ1n) is 30.3. The van der Waals surface area contributed by atoms with Gasteiger partial charge in [-0.15, -0.1) is 0 Å². The maximum atomic E-state index is 4.54. The summed E-state index contributed by atoms with van der Waals surface area (Å²) in [6.45, 7) is 13.2. The highest BCUT2D eigenvalue weighted by Crippen LogP contribution is 2.50. The van der Waals surface area contributed by atoms with Crippen LogP contribution in [0.1, 0.15) is 25.0 Å². The number of para-hydroxylation sites is 1. The van der Waals surface area contributed by atoms with E-state index in [4.69, 9.17) is 0 Å². The van der Waals surface area contributed by atoms with Gasteiger partial charge in [0.15, 0.2) is 0 Å². The summed E-state index contributed by atoms with van der Waals surface area (Å²) in [7, 11) is 0. The van der Waals surface area contributed by atoms with Crippen molar-refractivity contribution < 1.29 is 0 Å². The van der Waals surface area contributed by atoms with E-state index in [-0.39, 0.29) is 0 Å². The minimum Gasteiger partial charge on any atom is -0.311 e. The highest BCUT2D eigenvalue weighted by molar-refractivity contribution is 6.25. The van der Waals surface area contributed by atoms with Crippen LogP contribution in [0.2, 0.25) is 0 Å². The Balaban J connectivity index is 0.867. The topological polar surface area (TPSA) is 6.48 Å². The molecule has 0 bridgehead atoms. The average molecular weight is 1130 g/mol. The van der Waals surface area contributed by atoms with Crippen LogP contribution in [0.15, 0.2) is 334 Å². The van der Waals surface area contributed by atoms with Gasteiger partial charge in [-0.05, 0) is 202 Å². The minimum atomic E-state index is 1.05. The van der Waals surface area contributed by atoms with E-state index in [1.807, 2.05) is 12.2 Å². The monoisotopic (exact) mass is 1120 g/mol. The summed E-state index contributed by atoms with van der Waals surface area (Å²) >= 11 is 0. The van der Waals surface area contributed by atoms with Crippen LogP contribution < -0.4 is 9.80 Å². The van der Waals surface area contributed by atoms with Crippen molar-refractivity contribution in [2.45, 2.75) is 13.8 Å². The fraction of sp³-hybridized carbons (Fsp3) is 0.0233. The lowest BCUT2D eigenvalue weighted by Gasteiger charge is -2.27. The lowest BCUT2D eigenvalue weighted by molar-refractivity contribution is 1.20. The van der Waals surface area contributed by atoms with Crippen LogP contribution in [0.4, 0.5) is 28.4 Å². The first-order valence-corrected chi connectivity index (χ1v) is 30.3. The molecule has 0 atom stereocenters. The molecule has 0 aliphatic carbocycles. The highest BCUT2D eigenvalue weighted by Gasteiger charge is 2.24. The molecule has 0 aliphatic heterocycles. The van der Waals surface area contributed by atoms with Crippen molar-refractivity contribution in [2.24, 2.45) is 0 Å². The van der Waals surface area contributed by atoms with Crippen molar-refractivity contribution in [2.75, 3.05) is 9.80 Å². The van der Waals surface area contributed by atoms with E-state index in [1.165, 1.54) is 71.3 Å². The molecule has 0 aromatic heterocycles. The Hall–Kier alpha value is -11.3. The third-order valence-corrected chi connectivity index (χ3v) is 17.3. The molecule has 0 radical (unpaired) electrons. The molecule has 0 amide bonds. The van der Waals surface area contributed by atoms with Crippen molar-refractivity contribution in [1.29, 1.82) is 0 Å². The first kappa shape index (κ1) is 54.6. The van der Waals surface area contributed by atoms with E-state index < -0.39 is 0 Å². The molecule has 0 saturated heterocycles. The van der Waals surface area contributed by atoms with Crippen molar-refractivity contribution in [1.82, 2.24) is 0 Å². The van der Waals surface area contributed by atoms with Gasteiger partial charge in [0.2, 0.25) is 0 Å². The zero-order valence-corrected chi connectivity index (χ0v) is 49.5. The average Bonchev–Trinajstić information content (AvgIpc) is 0.829. The molecule has 14 rings (SSSR count). The van der Waals surface area contributed by atoms with Crippen LogP contribution >= 0.6 is 0 Å². The molecule has 88 heavy (non-hydrogen) atoms. The molecule has 0 unspecified atom stereocenters. The van der Waals surface area contributed by atoms with Crippen LogP contribution in [0, 0.1) is 0 Å². The summed E-state index contributed by atoms with van der Waals surface area (Å²) in [6, 6.07) is 108. The zero-order chi connectivity index (χ0) is 59.5. The lowest BCUT2D eigenvalue weighted by atomic mass is 9.80. The summed E-state index contributed by atoms with van der Waals surface area (Å²) in [4.78, 5) is 4.66. The number of rotatable bonds is 15. The maximum Gasteiger partial charge on any atom is 0.0462 e. The Morgan fingerprint density at radius 2 is 0.580 bits per heavy atom. The number of allylic oxidation sites excluding steroid dienone is 3. The summed E-state index contributed by atoms with van der Waals surface area (Å²) in [5.41, 5.74) is 22.7. The van der Waals surface area contributed by atoms with Crippen molar-refractivity contribution in [3.63, 3.8) is 0 Å². The number of benzene rings is 14. The molecule has 0 heterocycles. The second kappa shape index (κ2) is 24.0. The van der Waals surface area contributed by atoms with Gasteiger partial charge in [0, 0.05) is 34.1 Å². The normalized spacial score (nSPS) is 11.6. The molecular formula is C86H64N2. The second-order valence-electron chi connectivity index (χ2n) is 22.2. The minimum absolute atomic E-state index is 1.05. The molecule has 418 valence electrons. The third kappa shape index (κ3) is 9.87. The van der Waals surface area contributed by atoms with Crippen molar-refractivity contribution >= 4 is 83.7 Å². The van der Waals surface area contributed by atoms with Crippen LogP contribution in [0.25, 0.3) is 122 Å². The van der Waals surface area contributed by atoms with E-state index in [1.54, 1.807) is 0 Å². The number of nitrogens with zero attached hydrogens (tertiary/aromatic N) is 2. The van der Waals surface area contributed by atoms with Gasteiger partial charge in [0.25, 0.3) is 0 Å². The molecule has 14 aromatic carbocycles. The van der Waals surface area contributed by atoms with Crippen LogP contribution in [0.3, 0.4) is 0 Å². The standard InChI is InChI=1S/C86H64N2/c1-5-26-65(6-2)87(67-49-41-61(42-50-67)59-27-12-9-13-28-59)68-53-45-63(46-54-68)83-71(7-3)72(8-4)85(78-38-23-20-35-75(78)83)81-57-58-82(74-34-19-18-33-73(74)81)86-79-39-24-21-36-76(79)84(77-37-22-25-40-80(77)86)64-47-55-70(56-48-64)88(66-31-16-11-17-32-66)69-51-43-62(44-52-69)60-29-14-10-15-30-60/h5-58H,3-4H2,1-2H3/b26-5-,65-6+. The second-order valence-corrected chi connectivity index (χ2v) is 22.2. The largest absolute Gasteiger partial charge is 0.311 e.